The SMILES string of the molecule is CCC(CC)(CN)NC(=O)C1CCNC(=O)C1.Cl. The Morgan fingerprint density at radius 3 is 2.56 bits per heavy atom. The van der Waals surface area contributed by atoms with Crippen molar-refractivity contribution < 1.29 is 9.59 Å². The van der Waals surface area contributed by atoms with Gasteiger partial charge in [-0.05, 0) is 19.3 Å². The van der Waals surface area contributed by atoms with Gasteiger partial charge in [-0.3, -0.25) is 9.59 Å². The van der Waals surface area contributed by atoms with E-state index < -0.39 is 0 Å². The third kappa shape index (κ3) is 4.14. The second-order valence-corrected chi connectivity index (χ2v) is 4.72. The van der Waals surface area contributed by atoms with E-state index in [0.29, 0.717) is 25.9 Å². The highest BCUT2D eigenvalue weighted by molar-refractivity contribution is 5.87. The Hall–Kier alpha value is -0.810. The van der Waals surface area contributed by atoms with Crippen LogP contribution in [0.2, 0.25) is 0 Å². The highest BCUT2D eigenvalue weighted by atomic mass is 35.5. The summed E-state index contributed by atoms with van der Waals surface area (Å²) in [5, 5.41) is 5.75. The van der Waals surface area contributed by atoms with E-state index >= 15 is 0 Å². The van der Waals surface area contributed by atoms with Crippen LogP contribution in [-0.2, 0) is 9.59 Å². The number of piperidine rings is 1. The summed E-state index contributed by atoms with van der Waals surface area (Å²) in [4.78, 5) is 23.3. The van der Waals surface area contributed by atoms with E-state index in [1.54, 1.807) is 0 Å². The minimum absolute atomic E-state index is 0. The molecule has 1 unspecified atom stereocenters. The van der Waals surface area contributed by atoms with Crippen molar-refractivity contribution >= 4 is 24.2 Å². The standard InChI is InChI=1S/C12H23N3O2.ClH/c1-3-12(4-2,8-13)15-11(17)9-5-6-14-10(16)7-9;/h9H,3-8,13H2,1-2H3,(H,14,16)(H,15,17);1H. The van der Waals surface area contributed by atoms with Gasteiger partial charge in [-0.2, -0.15) is 0 Å². The summed E-state index contributed by atoms with van der Waals surface area (Å²) in [6, 6.07) is 0. The number of rotatable bonds is 5. The van der Waals surface area contributed by atoms with E-state index in [1.165, 1.54) is 0 Å². The zero-order chi connectivity index (χ0) is 12.9. The Kier molecular flexibility index (Phi) is 7.25. The van der Waals surface area contributed by atoms with Crippen molar-refractivity contribution in [2.24, 2.45) is 11.7 Å². The molecular formula is C12H24ClN3O2. The minimum atomic E-state index is -0.314. The lowest BCUT2D eigenvalue weighted by Gasteiger charge is -2.34. The van der Waals surface area contributed by atoms with E-state index in [4.69, 9.17) is 5.73 Å². The highest BCUT2D eigenvalue weighted by Crippen LogP contribution is 2.18. The molecule has 5 nitrogen and oxygen atoms in total. The summed E-state index contributed by atoms with van der Waals surface area (Å²) in [5.74, 6) is -0.274. The third-order valence-corrected chi connectivity index (χ3v) is 3.75. The van der Waals surface area contributed by atoms with Crippen molar-refractivity contribution in [3.05, 3.63) is 0 Å². The molecule has 1 heterocycles. The van der Waals surface area contributed by atoms with Crippen molar-refractivity contribution in [2.45, 2.75) is 45.1 Å². The van der Waals surface area contributed by atoms with Crippen LogP contribution in [0.1, 0.15) is 39.5 Å². The molecular weight excluding hydrogens is 254 g/mol. The van der Waals surface area contributed by atoms with Crippen LogP contribution in [0.3, 0.4) is 0 Å². The van der Waals surface area contributed by atoms with E-state index in [1.807, 2.05) is 13.8 Å². The van der Waals surface area contributed by atoms with E-state index in [9.17, 15) is 9.59 Å². The van der Waals surface area contributed by atoms with Crippen molar-refractivity contribution in [1.29, 1.82) is 0 Å². The predicted octanol–water partition coefficient (Wildman–Crippen LogP) is 0.568. The number of hydrogen-bond donors (Lipinski definition) is 3. The Labute approximate surface area is 115 Å². The number of nitrogens with one attached hydrogen (secondary N) is 2. The lowest BCUT2D eigenvalue weighted by Crippen LogP contribution is -2.55. The fraction of sp³-hybridized carbons (Fsp3) is 0.833. The largest absolute Gasteiger partial charge is 0.356 e. The Morgan fingerprint density at radius 1 is 1.50 bits per heavy atom. The molecule has 0 aliphatic carbocycles. The average molecular weight is 278 g/mol. The quantitative estimate of drug-likeness (QED) is 0.687. The molecule has 0 aromatic heterocycles. The van der Waals surface area contributed by atoms with Gasteiger partial charge in [0.25, 0.3) is 0 Å². The number of carbonyl (C=O) groups excluding carboxylic acids is 2. The molecule has 1 fully saturated rings. The van der Waals surface area contributed by atoms with Crippen LogP contribution in [0.15, 0.2) is 0 Å². The molecule has 1 aliphatic heterocycles. The van der Waals surface area contributed by atoms with Crippen LogP contribution >= 0.6 is 12.4 Å². The summed E-state index contributed by atoms with van der Waals surface area (Å²) in [6.45, 7) is 5.06. The second kappa shape index (κ2) is 7.59. The van der Waals surface area contributed by atoms with E-state index in [-0.39, 0.29) is 35.7 Å². The summed E-state index contributed by atoms with van der Waals surface area (Å²) >= 11 is 0. The number of halogens is 1. The molecule has 4 N–H and O–H groups in total. The van der Waals surface area contributed by atoms with Gasteiger partial charge < -0.3 is 16.4 Å². The molecule has 0 radical (unpaired) electrons. The Balaban J connectivity index is 0.00000289. The van der Waals surface area contributed by atoms with Crippen molar-refractivity contribution in [2.75, 3.05) is 13.1 Å². The molecule has 1 rings (SSSR count). The van der Waals surface area contributed by atoms with Gasteiger partial charge in [-0.15, -0.1) is 12.4 Å². The van der Waals surface area contributed by atoms with Crippen LogP contribution in [0.25, 0.3) is 0 Å². The monoisotopic (exact) mass is 277 g/mol. The summed E-state index contributed by atoms with van der Waals surface area (Å²) in [5.41, 5.74) is 5.43. The molecule has 0 spiro atoms. The van der Waals surface area contributed by atoms with Crippen molar-refractivity contribution in [3.63, 3.8) is 0 Å². The van der Waals surface area contributed by atoms with Crippen LogP contribution < -0.4 is 16.4 Å². The van der Waals surface area contributed by atoms with Crippen LogP contribution in [0, 0.1) is 5.92 Å². The molecule has 0 bridgehead atoms. The lowest BCUT2D eigenvalue weighted by atomic mass is 9.90. The fourth-order valence-corrected chi connectivity index (χ4v) is 2.14. The van der Waals surface area contributed by atoms with Gasteiger partial charge in [0.1, 0.15) is 0 Å². The maximum atomic E-state index is 12.1. The summed E-state index contributed by atoms with van der Waals surface area (Å²) in [7, 11) is 0. The minimum Gasteiger partial charge on any atom is -0.356 e. The van der Waals surface area contributed by atoms with Crippen molar-refractivity contribution in [1.82, 2.24) is 10.6 Å². The first-order valence-electron chi connectivity index (χ1n) is 6.35. The van der Waals surface area contributed by atoms with E-state index in [2.05, 4.69) is 10.6 Å². The van der Waals surface area contributed by atoms with Crippen LogP contribution in [0.5, 0.6) is 0 Å². The van der Waals surface area contributed by atoms with Gasteiger partial charge in [0.05, 0.1) is 5.54 Å². The second-order valence-electron chi connectivity index (χ2n) is 4.72. The normalized spacial score (nSPS) is 19.7. The molecule has 0 aromatic carbocycles. The number of nitrogens with two attached hydrogens (primary N) is 1. The molecule has 18 heavy (non-hydrogen) atoms. The molecule has 2 amide bonds. The highest BCUT2D eigenvalue weighted by Gasteiger charge is 2.32. The van der Waals surface area contributed by atoms with Gasteiger partial charge in [0, 0.05) is 25.4 Å². The summed E-state index contributed by atoms with van der Waals surface area (Å²) < 4.78 is 0. The molecule has 0 saturated carbocycles. The van der Waals surface area contributed by atoms with Crippen LogP contribution in [0.4, 0.5) is 0 Å². The third-order valence-electron chi connectivity index (χ3n) is 3.75. The predicted molar refractivity (Wildman–Crippen MR) is 73.5 cm³/mol. The van der Waals surface area contributed by atoms with Crippen LogP contribution in [-0.4, -0.2) is 30.4 Å². The fourth-order valence-electron chi connectivity index (χ4n) is 2.14. The Bertz CT molecular complexity index is 285. The molecule has 0 aromatic rings. The van der Waals surface area contributed by atoms with E-state index in [0.717, 1.165) is 12.8 Å². The number of hydrogen-bond acceptors (Lipinski definition) is 3. The first-order valence-corrected chi connectivity index (χ1v) is 6.35. The Morgan fingerprint density at radius 2 is 2.11 bits per heavy atom. The molecule has 6 heteroatoms. The number of carbonyl (C=O) groups is 2. The number of amides is 2. The first-order chi connectivity index (χ1) is 8.06. The topological polar surface area (TPSA) is 84.2 Å². The first kappa shape index (κ1) is 17.2. The zero-order valence-electron chi connectivity index (χ0n) is 11.1. The zero-order valence-corrected chi connectivity index (χ0v) is 11.9. The molecule has 1 aliphatic rings. The average Bonchev–Trinajstić information content (AvgIpc) is 2.36. The molecule has 1 saturated heterocycles. The smallest absolute Gasteiger partial charge is 0.224 e. The van der Waals surface area contributed by atoms with Gasteiger partial charge in [-0.1, -0.05) is 13.8 Å². The molecule has 1 atom stereocenters. The van der Waals surface area contributed by atoms with Crippen molar-refractivity contribution in [3.8, 4) is 0 Å². The maximum Gasteiger partial charge on any atom is 0.224 e. The van der Waals surface area contributed by atoms with Gasteiger partial charge in [-0.25, -0.2) is 0 Å². The lowest BCUT2D eigenvalue weighted by molar-refractivity contribution is -0.133. The van der Waals surface area contributed by atoms with Gasteiger partial charge >= 0.3 is 0 Å². The molecule has 106 valence electrons. The van der Waals surface area contributed by atoms with Gasteiger partial charge in [0.2, 0.25) is 11.8 Å². The van der Waals surface area contributed by atoms with Gasteiger partial charge in [0.15, 0.2) is 0 Å². The summed E-state index contributed by atoms with van der Waals surface area (Å²) in [6.07, 6.45) is 2.63. The maximum absolute atomic E-state index is 12.1.